The van der Waals surface area contributed by atoms with Gasteiger partial charge in [-0.1, -0.05) is 19.9 Å². The lowest BCUT2D eigenvalue weighted by Gasteiger charge is -2.14. The van der Waals surface area contributed by atoms with Gasteiger partial charge in [0.15, 0.2) is 11.5 Å². The van der Waals surface area contributed by atoms with E-state index in [0.29, 0.717) is 12.4 Å². The van der Waals surface area contributed by atoms with Gasteiger partial charge in [0.25, 0.3) is 0 Å². The minimum atomic E-state index is -0.496. The van der Waals surface area contributed by atoms with Gasteiger partial charge >= 0.3 is 0 Å². The Kier molecular flexibility index (Phi) is 3.57. The van der Waals surface area contributed by atoms with E-state index < -0.39 is 6.04 Å². The fourth-order valence-electron chi connectivity index (χ4n) is 1.60. The van der Waals surface area contributed by atoms with Crippen LogP contribution in [0.5, 0.6) is 0 Å². The topological polar surface area (TPSA) is 85.3 Å². The van der Waals surface area contributed by atoms with Crippen molar-refractivity contribution in [2.75, 3.05) is 0 Å². The van der Waals surface area contributed by atoms with Gasteiger partial charge in [-0.2, -0.15) is 0 Å². The molecule has 0 spiro atoms. The SMILES string of the molecule is CC(C)[C@@H](N)C(=O)NCc1nnc2ccccn12. The third-order valence-electron chi connectivity index (χ3n) is 2.83. The number of carbonyl (C=O) groups excluding carboxylic acids is 1. The van der Waals surface area contributed by atoms with E-state index in [4.69, 9.17) is 5.73 Å². The molecule has 1 amide bonds. The fourth-order valence-corrected chi connectivity index (χ4v) is 1.60. The molecule has 0 aliphatic carbocycles. The maximum atomic E-state index is 11.7. The highest BCUT2D eigenvalue weighted by Gasteiger charge is 2.17. The monoisotopic (exact) mass is 247 g/mol. The molecule has 0 aliphatic rings. The molecular weight excluding hydrogens is 230 g/mol. The van der Waals surface area contributed by atoms with Gasteiger partial charge in [-0.25, -0.2) is 0 Å². The zero-order chi connectivity index (χ0) is 13.1. The summed E-state index contributed by atoms with van der Waals surface area (Å²) in [4.78, 5) is 11.7. The molecule has 0 bridgehead atoms. The number of pyridine rings is 1. The standard InChI is InChI=1S/C12H17N5O/c1-8(2)11(13)12(18)14-7-10-16-15-9-5-3-4-6-17(9)10/h3-6,8,11H,7,13H2,1-2H3,(H,14,18)/t11-/m1/s1. The summed E-state index contributed by atoms with van der Waals surface area (Å²) in [5.74, 6) is 0.632. The first-order valence-corrected chi connectivity index (χ1v) is 5.91. The number of rotatable bonds is 4. The van der Waals surface area contributed by atoms with Crippen LogP contribution < -0.4 is 11.1 Å². The molecule has 0 unspecified atom stereocenters. The van der Waals surface area contributed by atoms with E-state index >= 15 is 0 Å². The Labute approximate surface area is 105 Å². The number of aromatic nitrogens is 3. The quantitative estimate of drug-likeness (QED) is 0.815. The highest BCUT2D eigenvalue weighted by atomic mass is 16.2. The number of nitrogens with one attached hydrogen (secondary N) is 1. The van der Waals surface area contributed by atoms with Crippen molar-refractivity contribution in [3.05, 3.63) is 30.2 Å². The molecule has 2 aromatic heterocycles. The van der Waals surface area contributed by atoms with Crippen LogP contribution in [0.3, 0.4) is 0 Å². The van der Waals surface area contributed by atoms with E-state index in [-0.39, 0.29) is 11.8 Å². The van der Waals surface area contributed by atoms with Crippen LogP contribution in [0.2, 0.25) is 0 Å². The van der Waals surface area contributed by atoms with E-state index in [1.165, 1.54) is 0 Å². The lowest BCUT2D eigenvalue weighted by molar-refractivity contribution is -0.123. The van der Waals surface area contributed by atoms with Crippen LogP contribution in [0.25, 0.3) is 5.65 Å². The van der Waals surface area contributed by atoms with Crippen LogP contribution in [0.4, 0.5) is 0 Å². The molecule has 0 fully saturated rings. The molecule has 18 heavy (non-hydrogen) atoms. The first kappa shape index (κ1) is 12.5. The molecule has 6 nitrogen and oxygen atoms in total. The van der Waals surface area contributed by atoms with Gasteiger partial charge in [0.1, 0.15) is 0 Å². The Morgan fingerprint density at radius 2 is 2.22 bits per heavy atom. The number of hydrogen-bond acceptors (Lipinski definition) is 4. The van der Waals surface area contributed by atoms with Gasteiger partial charge in [0, 0.05) is 6.20 Å². The largest absolute Gasteiger partial charge is 0.347 e. The smallest absolute Gasteiger partial charge is 0.237 e. The van der Waals surface area contributed by atoms with E-state index in [0.717, 1.165) is 5.65 Å². The number of nitrogens with two attached hydrogens (primary N) is 1. The number of hydrogen-bond donors (Lipinski definition) is 2. The van der Waals surface area contributed by atoms with Crippen molar-refractivity contribution in [1.29, 1.82) is 0 Å². The van der Waals surface area contributed by atoms with Gasteiger partial charge < -0.3 is 11.1 Å². The predicted molar refractivity (Wildman–Crippen MR) is 67.6 cm³/mol. The molecule has 0 aromatic carbocycles. The fraction of sp³-hybridized carbons (Fsp3) is 0.417. The van der Waals surface area contributed by atoms with E-state index in [9.17, 15) is 4.79 Å². The average molecular weight is 247 g/mol. The highest BCUT2D eigenvalue weighted by Crippen LogP contribution is 2.03. The van der Waals surface area contributed by atoms with Crippen LogP contribution in [0.15, 0.2) is 24.4 Å². The summed E-state index contributed by atoms with van der Waals surface area (Å²) in [7, 11) is 0. The van der Waals surface area contributed by atoms with Crippen LogP contribution in [-0.4, -0.2) is 26.5 Å². The zero-order valence-electron chi connectivity index (χ0n) is 10.5. The molecule has 0 aliphatic heterocycles. The molecule has 0 saturated heterocycles. The Balaban J connectivity index is 2.04. The minimum absolute atomic E-state index is 0.111. The highest BCUT2D eigenvalue weighted by molar-refractivity contribution is 5.81. The molecular formula is C12H17N5O. The second kappa shape index (κ2) is 5.14. The van der Waals surface area contributed by atoms with Crippen LogP contribution in [0, 0.1) is 5.92 Å². The van der Waals surface area contributed by atoms with Gasteiger partial charge in [-0.15, -0.1) is 10.2 Å². The first-order chi connectivity index (χ1) is 8.59. The minimum Gasteiger partial charge on any atom is -0.347 e. The van der Waals surface area contributed by atoms with Gasteiger partial charge in [-0.05, 0) is 18.1 Å². The van der Waals surface area contributed by atoms with Gasteiger partial charge in [0.2, 0.25) is 5.91 Å². The molecule has 6 heteroatoms. The molecule has 96 valence electrons. The van der Waals surface area contributed by atoms with Crippen LogP contribution in [-0.2, 0) is 11.3 Å². The lowest BCUT2D eigenvalue weighted by atomic mass is 10.1. The molecule has 2 rings (SSSR count). The number of nitrogens with zero attached hydrogens (tertiary/aromatic N) is 3. The number of carbonyl (C=O) groups is 1. The molecule has 2 heterocycles. The second-order valence-electron chi connectivity index (χ2n) is 4.53. The van der Waals surface area contributed by atoms with Crippen molar-refractivity contribution in [2.24, 2.45) is 11.7 Å². The third-order valence-corrected chi connectivity index (χ3v) is 2.83. The Morgan fingerprint density at radius 1 is 1.44 bits per heavy atom. The Bertz CT molecular complexity index is 548. The maximum absolute atomic E-state index is 11.7. The molecule has 2 aromatic rings. The molecule has 0 radical (unpaired) electrons. The second-order valence-corrected chi connectivity index (χ2v) is 4.53. The summed E-state index contributed by atoms with van der Waals surface area (Å²) >= 11 is 0. The summed E-state index contributed by atoms with van der Waals surface area (Å²) in [6, 6.07) is 5.14. The zero-order valence-corrected chi connectivity index (χ0v) is 10.5. The van der Waals surface area contributed by atoms with Crippen molar-refractivity contribution < 1.29 is 4.79 Å². The van der Waals surface area contributed by atoms with Crippen molar-refractivity contribution in [1.82, 2.24) is 19.9 Å². The lowest BCUT2D eigenvalue weighted by Crippen LogP contribution is -2.43. The van der Waals surface area contributed by atoms with Crippen molar-refractivity contribution in [3.63, 3.8) is 0 Å². The Morgan fingerprint density at radius 3 is 2.94 bits per heavy atom. The van der Waals surface area contributed by atoms with Crippen LogP contribution >= 0.6 is 0 Å². The maximum Gasteiger partial charge on any atom is 0.237 e. The predicted octanol–water partition coefficient (Wildman–Crippen LogP) is 0.329. The van der Waals surface area contributed by atoms with E-state index in [2.05, 4.69) is 15.5 Å². The van der Waals surface area contributed by atoms with Crippen molar-refractivity contribution >= 4 is 11.6 Å². The van der Waals surface area contributed by atoms with Crippen molar-refractivity contribution in [2.45, 2.75) is 26.4 Å². The third kappa shape index (κ3) is 2.48. The molecule has 1 atom stereocenters. The Hall–Kier alpha value is -1.95. The van der Waals surface area contributed by atoms with E-state index in [1.54, 1.807) is 0 Å². The summed E-state index contributed by atoms with van der Waals surface area (Å²) in [6.07, 6.45) is 1.86. The average Bonchev–Trinajstić information content (AvgIpc) is 2.78. The summed E-state index contributed by atoms with van der Waals surface area (Å²) in [5, 5.41) is 10.8. The molecule has 3 N–H and O–H groups in total. The van der Waals surface area contributed by atoms with E-state index in [1.807, 2.05) is 42.6 Å². The summed E-state index contributed by atoms with van der Waals surface area (Å²) < 4.78 is 1.83. The number of fused-ring (bicyclic) bond motifs is 1. The van der Waals surface area contributed by atoms with Crippen molar-refractivity contribution in [3.8, 4) is 0 Å². The van der Waals surface area contributed by atoms with Crippen LogP contribution in [0.1, 0.15) is 19.7 Å². The summed E-state index contributed by atoms with van der Waals surface area (Å²) in [6.45, 7) is 4.15. The summed E-state index contributed by atoms with van der Waals surface area (Å²) in [5.41, 5.74) is 6.52. The normalized spacial score (nSPS) is 12.9. The number of amides is 1. The van der Waals surface area contributed by atoms with Gasteiger partial charge in [0.05, 0.1) is 12.6 Å². The first-order valence-electron chi connectivity index (χ1n) is 5.91. The molecule has 0 saturated carbocycles. The van der Waals surface area contributed by atoms with Gasteiger partial charge in [-0.3, -0.25) is 9.20 Å².